The van der Waals surface area contributed by atoms with Gasteiger partial charge in [-0.2, -0.15) is 0 Å². The lowest BCUT2D eigenvalue weighted by Gasteiger charge is -2.24. The van der Waals surface area contributed by atoms with E-state index < -0.39 is 0 Å². The normalized spacial score (nSPS) is 22.5. The second kappa shape index (κ2) is 8.78. The Balaban J connectivity index is 1.50. The molecular weight excluding hydrogens is 324 g/mol. The second-order valence-electron chi connectivity index (χ2n) is 6.26. The van der Waals surface area contributed by atoms with Gasteiger partial charge in [-0.1, -0.05) is 18.7 Å². The van der Waals surface area contributed by atoms with Crippen molar-refractivity contribution in [2.24, 2.45) is 0 Å². The highest BCUT2D eigenvalue weighted by Gasteiger charge is 2.29. The van der Waals surface area contributed by atoms with E-state index in [1.165, 1.54) is 0 Å². The summed E-state index contributed by atoms with van der Waals surface area (Å²) in [5.74, 6) is 1.17. The van der Waals surface area contributed by atoms with Crippen LogP contribution in [-0.4, -0.2) is 70.3 Å². The lowest BCUT2D eigenvalue weighted by atomic mass is 10.2. The van der Waals surface area contributed by atoms with Crippen LogP contribution in [-0.2, 0) is 16.1 Å². The highest BCUT2D eigenvalue weighted by molar-refractivity contribution is 7.99. The molecule has 24 heavy (non-hydrogen) atoms. The van der Waals surface area contributed by atoms with Crippen molar-refractivity contribution >= 4 is 17.7 Å². The maximum atomic E-state index is 12.5. The molecule has 7 heteroatoms. The van der Waals surface area contributed by atoms with Crippen molar-refractivity contribution in [3.05, 3.63) is 18.0 Å². The van der Waals surface area contributed by atoms with Gasteiger partial charge < -0.3 is 9.64 Å². The van der Waals surface area contributed by atoms with Crippen molar-refractivity contribution in [2.75, 3.05) is 38.5 Å². The van der Waals surface area contributed by atoms with Crippen LogP contribution in [0, 0.1) is 0 Å². The molecule has 0 aromatic carbocycles. The van der Waals surface area contributed by atoms with Crippen molar-refractivity contribution in [3.8, 4) is 0 Å². The summed E-state index contributed by atoms with van der Waals surface area (Å²) >= 11 is 1.66. The Morgan fingerprint density at radius 2 is 2.08 bits per heavy atom. The monoisotopic (exact) mass is 350 g/mol. The van der Waals surface area contributed by atoms with E-state index in [4.69, 9.17) is 4.74 Å². The molecule has 2 aliphatic rings. The molecule has 1 amide bonds. The molecule has 1 aromatic heterocycles. The first kappa shape index (κ1) is 17.6. The second-order valence-corrected chi connectivity index (χ2v) is 7.49. The van der Waals surface area contributed by atoms with E-state index in [1.54, 1.807) is 11.8 Å². The molecule has 2 aliphatic heterocycles. The largest absolute Gasteiger partial charge is 0.368 e. The quantitative estimate of drug-likeness (QED) is 0.596. The van der Waals surface area contributed by atoms with Crippen molar-refractivity contribution in [1.29, 1.82) is 0 Å². The average Bonchev–Trinajstić information content (AvgIpc) is 3.04. The van der Waals surface area contributed by atoms with E-state index in [9.17, 15) is 4.79 Å². The third-order valence-electron chi connectivity index (χ3n) is 4.47. The zero-order valence-corrected chi connectivity index (χ0v) is 15.1. The van der Waals surface area contributed by atoms with Crippen LogP contribution in [0.2, 0.25) is 0 Å². The van der Waals surface area contributed by atoms with Gasteiger partial charge in [-0.05, 0) is 25.0 Å². The number of ether oxygens (including phenoxy) is 1. The van der Waals surface area contributed by atoms with Crippen LogP contribution in [0.4, 0.5) is 0 Å². The number of rotatable bonds is 5. The molecule has 0 spiro atoms. The number of hydrogen-bond donors (Lipinski definition) is 0. The number of aromatic nitrogens is 2. The first-order valence-electron chi connectivity index (χ1n) is 8.82. The fourth-order valence-electron chi connectivity index (χ4n) is 3.21. The smallest absolute Gasteiger partial charge is 0.251 e. The predicted molar refractivity (Wildman–Crippen MR) is 93.9 cm³/mol. The summed E-state index contributed by atoms with van der Waals surface area (Å²) in [6.07, 6.45) is 6.52. The van der Waals surface area contributed by atoms with E-state index in [0.29, 0.717) is 0 Å². The molecule has 132 valence electrons. The lowest BCUT2D eigenvalue weighted by molar-refractivity contribution is -0.140. The Bertz CT molecular complexity index is 534. The lowest BCUT2D eigenvalue weighted by Crippen LogP contribution is -2.41. The number of thioether (sulfide) groups is 1. The Morgan fingerprint density at radius 3 is 2.79 bits per heavy atom. The molecule has 0 aliphatic carbocycles. The molecule has 0 bridgehead atoms. The van der Waals surface area contributed by atoms with Gasteiger partial charge in [-0.3, -0.25) is 9.69 Å². The fraction of sp³-hybridized carbons (Fsp3) is 0.706. The standard InChI is InChI=1S/C17H26N4O2S/c1-2-24-17-18-11-14(12-19-17)13-20-6-4-7-21(9-8-20)16(22)15-5-3-10-23-15/h11-12,15H,2-10,13H2,1H3/t15-/m1/s1. The minimum Gasteiger partial charge on any atom is -0.368 e. The van der Waals surface area contributed by atoms with Gasteiger partial charge in [0.05, 0.1) is 0 Å². The Hall–Kier alpha value is -1.18. The summed E-state index contributed by atoms with van der Waals surface area (Å²) in [4.78, 5) is 25.6. The molecule has 2 fully saturated rings. The first-order chi connectivity index (χ1) is 11.8. The minimum absolute atomic E-state index is 0.179. The zero-order valence-electron chi connectivity index (χ0n) is 14.3. The minimum atomic E-state index is -0.200. The highest BCUT2D eigenvalue weighted by Crippen LogP contribution is 2.17. The molecule has 1 aromatic rings. The maximum absolute atomic E-state index is 12.5. The van der Waals surface area contributed by atoms with Crippen LogP contribution in [0.15, 0.2) is 17.6 Å². The van der Waals surface area contributed by atoms with E-state index in [-0.39, 0.29) is 12.0 Å². The van der Waals surface area contributed by atoms with E-state index >= 15 is 0 Å². The van der Waals surface area contributed by atoms with Crippen molar-refractivity contribution in [1.82, 2.24) is 19.8 Å². The zero-order chi connectivity index (χ0) is 16.8. The van der Waals surface area contributed by atoms with Crippen LogP contribution < -0.4 is 0 Å². The average molecular weight is 350 g/mol. The Labute approximate surface area is 148 Å². The van der Waals surface area contributed by atoms with E-state index in [2.05, 4.69) is 21.8 Å². The molecule has 0 radical (unpaired) electrons. The fourth-order valence-corrected chi connectivity index (χ4v) is 3.72. The van der Waals surface area contributed by atoms with Gasteiger partial charge in [-0.15, -0.1) is 0 Å². The van der Waals surface area contributed by atoms with Crippen LogP contribution in [0.25, 0.3) is 0 Å². The summed E-state index contributed by atoms with van der Waals surface area (Å²) in [6, 6.07) is 0. The van der Waals surface area contributed by atoms with Crippen LogP contribution in [0.5, 0.6) is 0 Å². The Kier molecular flexibility index (Phi) is 6.45. The number of carbonyl (C=O) groups is 1. The third kappa shape index (κ3) is 4.68. The SMILES string of the molecule is CCSc1ncc(CN2CCCN(C(=O)[C@H]3CCCO3)CC2)cn1. The van der Waals surface area contributed by atoms with Gasteiger partial charge >= 0.3 is 0 Å². The molecule has 1 atom stereocenters. The van der Waals surface area contributed by atoms with Gasteiger partial charge in [-0.25, -0.2) is 9.97 Å². The van der Waals surface area contributed by atoms with Crippen LogP contribution in [0.1, 0.15) is 31.7 Å². The molecule has 0 saturated carbocycles. The molecule has 3 heterocycles. The van der Waals surface area contributed by atoms with Crippen LogP contribution >= 0.6 is 11.8 Å². The number of nitrogens with zero attached hydrogens (tertiary/aromatic N) is 4. The number of hydrogen-bond acceptors (Lipinski definition) is 6. The summed E-state index contributed by atoms with van der Waals surface area (Å²) in [5, 5.41) is 0.838. The maximum Gasteiger partial charge on any atom is 0.251 e. The topological polar surface area (TPSA) is 58.6 Å². The highest BCUT2D eigenvalue weighted by atomic mass is 32.2. The van der Waals surface area contributed by atoms with Crippen molar-refractivity contribution in [3.63, 3.8) is 0 Å². The van der Waals surface area contributed by atoms with E-state index in [1.807, 2.05) is 17.3 Å². The van der Waals surface area contributed by atoms with E-state index in [0.717, 1.165) is 75.1 Å². The number of amides is 1. The van der Waals surface area contributed by atoms with Gasteiger partial charge in [0.15, 0.2) is 5.16 Å². The van der Waals surface area contributed by atoms with Gasteiger partial charge in [0.25, 0.3) is 5.91 Å². The molecule has 6 nitrogen and oxygen atoms in total. The summed E-state index contributed by atoms with van der Waals surface area (Å²) in [5.41, 5.74) is 1.13. The number of carbonyl (C=O) groups excluding carboxylic acids is 1. The molecule has 2 saturated heterocycles. The first-order valence-corrected chi connectivity index (χ1v) is 9.81. The molecular formula is C17H26N4O2S. The Morgan fingerprint density at radius 1 is 1.25 bits per heavy atom. The summed E-state index contributed by atoms with van der Waals surface area (Å²) in [7, 11) is 0. The van der Waals surface area contributed by atoms with Crippen LogP contribution in [0.3, 0.4) is 0 Å². The summed E-state index contributed by atoms with van der Waals surface area (Å²) in [6.45, 7) is 7.18. The third-order valence-corrected chi connectivity index (χ3v) is 5.22. The predicted octanol–water partition coefficient (Wildman–Crippen LogP) is 1.80. The van der Waals surface area contributed by atoms with Gasteiger partial charge in [0, 0.05) is 57.3 Å². The van der Waals surface area contributed by atoms with Gasteiger partial charge in [0.2, 0.25) is 0 Å². The molecule has 0 unspecified atom stereocenters. The van der Waals surface area contributed by atoms with Crippen molar-refractivity contribution in [2.45, 2.75) is 44.0 Å². The van der Waals surface area contributed by atoms with Gasteiger partial charge in [0.1, 0.15) is 6.10 Å². The van der Waals surface area contributed by atoms with Crippen molar-refractivity contribution < 1.29 is 9.53 Å². The molecule has 0 N–H and O–H groups in total. The summed E-state index contributed by atoms with van der Waals surface area (Å²) < 4.78 is 5.54. The molecule has 3 rings (SSSR count).